The highest BCUT2D eigenvalue weighted by Crippen LogP contribution is 2.36. The van der Waals surface area contributed by atoms with E-state index in [9.17, 15) is 19.8 Å². The second-order valence-electron chi connectivity index (χ2n) is 5.27. The first-order valence-electron chi connectivity index (χ1n) is 6.16. The number of hydrogen-bond acceptors (Lipinski definition) is 3. The van der Waals surface area contributed by atoms with Gasteiger partial charge in [-0.1, -0.05) is 30.3 Å². The summed E-state index contributed by atoms with van der Waals surface area (Å²) in [6.45, 7) is 2.62. The molecule has 1 aliphatic heterocycles. The Bertz CT molecular complexity index is 487. The fourth-order valence-electron chi connectivity index (χ4n) is 2.63. The third kappa shape index (κ3) is 2.61. The van der Waals surface area contributed by atoms with Crippen molar-refractivity contribution in [2.75, 3.05) is 13.1 Å². The van der Waals surface area contributed by atoms with E-state index in [4.69, 9.17) is 0 Å². The van der Waals surface area contributed by atoms with Crippen molar-refractivity contribution in [3.8, 4) is 0 Å². The first-order valence-corrected chi connectivity index (χ1v) is 6.16. The lowest BCUT2D eigenvalue weighted by molar-refractivity contribution is -0.158. The third-order valence-corrected chi connectivity index (χ3v) is 3.80. The van der Waals surface area contributed by atoms with Gasteiger partial charge in [0.25, 0.3) is 0 Å². The van der Waals surface area contributed by atoms with Gasteiger partial charge in [-0.05, 0) is 12.5 Å². The van der Waals surface area contributed by atoms with Crippen LogP contribution in [0.5, 0.6) is 0 Å². The van der Waals surface area contributed by atoms with E-state index in [1.807, 2.05) is 35.2 Å². The molecule has 5 nitrogen and oxygen atoms in total. The first-order chi connectivity index (χ1) is 8.93. The lowest BCUT2D eigenvalue weighted by Gasteiger charge is -2.22. The molecule has 0 aromatic heterocycles. The SMILES string of the molecule is C[C@]1(C(=O)O)CN(Cc2ccccc2)C[C@H]1C(=O)O. The van der Waals surface area contributed by atoms with Crippen molar-refractivity contribution < 1.29 is 19.8 Å². The molecule has 0 spiro atoms. The van der Waals surface area contributed by atoms with E-state index in [0.717, 1.165) is 5.56 Å². The van der Waals surface area contributed by atoms with E-state index in [2.05, 4.69) is 0 Å². The maximum atomic E-state index is 11.3. The smallest absolute Gasteiger partial charge is 0.311 e. The first kappa shape index (κ1) is 13.5. The van der Waals surface area contributed by atoms with Crippen molar-refractivity contribution in [1.82, 2.24) is 4.90 Å². The zero-order valence-electron chi connectivity index (χ0n) is 10.7. The van der Waals surface area contributed by atoms with Gasteiger partial charge in [-0.25, -0.2) is 0 Å². The Morgan fingerprint density at radius 1 is 1.32 bits per heavy atom. The van der Waals surface area contributed by atoms with Crippen LogP contribution >= 0.6 is 0 Å². The van der Waals surface area contributed by atoms with Crippen molar-refractivity contribution in [1.29, 1.82) is 0 Å². The highest BCUT2D eigenvalue weighted by Gasteiger charge is 2.52. The molecule has 1 aromatic carbocycles. The maximum absolute atomic E-state index is 11.3. The topological polar surface area (TPSA) is 77.8 Å². The van der Waals surface area contributed by atoms with Gasteiger partial charge in [-0.2, -0.15) is 0 Å². The Kier molecular flexibility index (Phi) is 3.57. The monoisotopic (exact) mass is 263 g/mol. The summed E-state index contributed by atoms with van der Waals surface area (Å²) in [5.74, 6) is -2.95. The third-order valence-electron chi connectivity index (χ3n) is 3.80. The molecular weight excluding hydrogens is 246 g/mol. The molecule has 1 saturated heterocycles. The number of carboxylic acids is 2. The van der Waals surface area contributed by atoms with Gasteiger partial charge in [-0.15, -0.1) is 0 Å². The Balaban J connectivity index is 2.15. The van der Waals surface area contributed by atoms with Crippen LogP contribution in [0.1, 0.15) is 12.5 Å². The summed E-state index contributed by atoms with van der Waals surface area (Å²) in [6.07, 6.45) is 0. The lowest BCUT2D eigenvalue weighted by atomic mass is 9.80. The van der Waals surface area contributed by atoms with Crippen molar-refractivity contribution in [2.45, 2.75) is 13.5 Å². The minimum atomic E-state index is -1.22. The van der Waals surface area contributed by atoms with Crippen LogP contribution in [0.3, 0.4) is 0 Å². The van der Waals surface area contributed by atoms with Crippen LogP contribution < -0.4 is 0 Å². The van der Waals surface area contributed by atoms with Crippen LogP contribution in [0.15, 0.2) is 30.3 Å². The number of nitrogens with zero attached hydrogens (tertiary/aromatic N) is 1. The van der Waals surface area contributed by atoms with Crippen LogP contribution in [0, 0.1) is 11.3 Å². The molecule has 0 unspecified atom stereocenters. The highest BCUT2D eigenvalue weighted by atomic mass is 16.4. The van der Waals surface area contributed by atoms with Crippen molar-refractivity contribution in [3.63, 3.8) is 0 Å². The zero-order chi connectivity index (χ0) is 14.0. The predicted octanol–water partition coefficient (Wildman–Crippen LogP) is 1.29. The number of benzene rings is 1. The van der Waals surface area contributed by atoms with Crippen LogP contribution in [0.2, 0.25) is 0 Å². The normalized spacial score (nSPS) is 27.3. The Morgan fingerprint density at radius 2 is 1.95 bits per heavy atom. The molecule has 2 rings (SSSR count). The van der Waals surface area contributed by atoms with E-state index >= 15 is 0 Å². The average Bonchev–Trinajstić information content (AvgIpc) is 2.69. The number of carboxylic acid groups (broad SMARTS) is 2. The summed E-state index contributed by atoms with van der Waals surface area (Å²) in [5, 5.41) is 18.5. The van der Waals surface area contributed by atoms with Crippen molar-refractivity contribution in [2.24, 2.45) is 11.3 Å². The van der Waals surface area contributed by atoms with Crippen LogP contribution in [-0.4, -0.2) is 40.1 Å². The average molecular weight is 263 g/mol. The molecule has 2 N–H and O–H groups in total. The van der Waals surface area contributed by atoms with Gasteiger partial charge in [0.2, 0.25) is 0 Å². The van der Waals surface area contributed by atoms with Crippen LogP contribution in [0.4, 0.5) is 0 Å². The van der Waals surface area contributed by atoms with Gasteiger partial charge in [0.1, 0.15) is 0 Å². The summed E-state index contributed by atoms with van der Waals surface area (Å²) in [5.41, 5.74) is -0.165. The van der Waals surface area contributed by atoms with Gasteiger partial charge in [-0.3, -0.25) is 14.5 Å². The van der Waals surface area contributed by atoms with Gasteiger partial charge in [0.05, 0.1) is 11.3 Å². The summed E-state index contributed by atoms with van der Waals surface area (Å²) in [7, 11) is 0. The Hall–Kier alpha value is -1.88. The molecular formula is C14H17NO4. The minimum absolute atomic E-state index is 0.258. The molecule has 19 heavy (non-hydrogen) atoms. The van der Waals surface area contributed by atoms with Crippen molar-refractivity contribution in [3.05, 3.63) is 35.9 Å². The molecule has 2 atom stereocenters. The zero-order valence-corrected chi connectivity index (χ0v) is 10.7. The molecule has 0 amide bonds. The summed E-state index contributed by atoms with van der Waals surface area (Å²) in [6, 6.07) is 9.64. The number of aliphatic carboxylic acids is 2. The van der Waals surface area contributed by atoms with E-state index in [-0.39, 0.29) is 13.1 Å². The van der Waals surface area contributed by atoms with Gasteiger partial charge in [0.15, 0.2) is 0 Å². The Morgan fingerprint density at radius 3 is 2.42 bits per heavy atom. The summed E-state index contributed by atoms with van der Waals surface area (Å²) >= 11 is 0. The molecule has 102 valence electrons. The lowest BCUT2D eigenvalue weighted by Crippen LogP contribution is -2.39. The number of carbonyl (C=O) groups is 2. The molecule has 0 aliphatic carbocycles. The number of likely N-dealkylation sites (tertiary alicyclic amines) is 1. The maximum Gasteiger partial charge on any atom is 0.311 e. The van der Waals surface area contributed by atoms with Gasteiger partial charge < -0.3 is 10.2 Å². The Labute approximate surface area is 111 Å². The molecule has 1 aliphatic rings. The summed E-state index contributed by atoms with van der Waals surface area (Å²) in [4.78, 5) is 24.5. The molecule has 0 bridgehead atoms. The van der Waals surface area contributed by atoms with Crippen LogP contribution in [-0.2, 0) is 16.1 Å². The van der Waals surface area contributed by atoms with Crippen molar-refractivity contribution >= 4 is 11.9 Å². The standard InChI is InChI=1S/C14H17NO4/c1-14(13(18)19)9-15(8-11(14)12(16)17)7-10-5-3-2-4-6-10/h2-6,11H,7-9H2,1H3,(H,16,17)(H,18,19)/t11-,14-/m0/s1. The molecule has 1 heterocycles. The minimum Gasteiger partial charge on any atom is -0.481 e. The van der Waals surface area contributed by atoms with E-state index in [1.165, 1.54) is 6.92 Å². The quantitative estimate of drug-likeness (QED) is 0.856. The molecule has 5 heteroatoms. The van der Waals surface area contributed by atoms with E-state index in [1.54, 1.807) is 0 Å². The van der Waals surface area contributed by atoms with E-state index in [0.29, 0.717) is 6.54 Å². The highest BCUT2D eigenvalue weighted by molar-refractivity contribution is 5.84. The molecule has 1 fully saturated rings. The second-order valence-corrected chi connectivity index (χ2v) is 5.27. The number of hydrogen-bond donors (Lipinski definition) is 2. The molecule has 1 aromatic rings. The van der Waals surface area contributed by atoms with Gasteiger partial charge >= 0.3 is 11.9 Å². The molecule has 0 radical (unpaired) electrons. The summed E-state index contributed by atoms with van der Waals surface area (Å²) < 4.78 is 0. The predicted molar refractivity (Wildman–Crippen MR) is 68.6 cm³/mol. The van der Waals surface area contributed by atoms with Gasteiger partial charge in [0, 0.05) is 19.6 Å². The second kappa shape index (κ2) is 5.01. The number of rotatable bonds is 4. The van der Waals surface area contributed by atoms with E-state index < -0.39 is 23.3 Å². The fourth-order valence-corrected chi connectivity index (χ4v) is 2.63. The largest absolute Gasteiger partial charge is 0.481 e. The fraction of sp³-hybridized carbons (Fsp3) is 0.429. The van der Waals surface area contributed by atoms with Crippen LogP contribution in [0.25, 0.3) is 0 Å². The molecule has 0 saturated carbocycles.